The van der Waals surface area contributed by atoms with Crippen LogP contribution in [0.5, 0.6) is 0 Å². The Bertz CT molecular complexity index is 998. The van der Waals surface area contributed by atoms with Crippen molar-refractivity contribution in [3.8, 4) is 0 Å². The van der Waals surface area contributed by atoms with Crippen LogP contribution in [-0.4, -0.2) is 25.5 Å². The number of benzene rings is 1. The lowest BCUT2D eigenvalue weighted by Crippen LogP contribution is -2.40. The van der Waals surface area contributed by atoms with E-state index in [2.05, 4.69) is 31.4 Å². The molecule has 142 valence electrons. The first-order valence-electron chi connectivity index (χ1n) is 7.86. The SMILES string of the molecule is CC(C)(C(=O)Nc1nn(Cc2ccc(Cl)c(Cl)c2)cc1Cl)n1cc(Br)cn1. The summed E-state index contributed by atoms with van der Waals surface area (Å²) in [6.07, 6.45) is 4.98. The van der Waals surface area contributed by atoms with Crippen LogP contribution in [0, 0.1) is 0 Å². The van der Waals surface area contributed by atoms with Gasteiger partial charge in [-0.25, -0.2) is 0 Å². The third kappa shape index (κ3) is 4.48. The monoisotopic (exact) mass is 489 g/mol. The molecule has 0 saturated heterocycles. The predicted molar refractivity (Wildman–Crippen MR) is 111 cm³/mol. The molecule has 27 heavy (non-hydrogen) atoms. The Balaban J connectivity index is 1.76. The van der Waals surface area contributed by atoms with Crippen LogP contribution in [0.3, 0.4) is 0 Å². The number of nitrogens with zero attached hydrogens (tertiary/aromatic N) is 4. The van der Waals surface area contributed by atoms with Crippen LogP contribution in [0.15, 0.2) is 41.3 Å². The molecule has 1 amide bonds. The fourth-order valence-corrected chi connectivity index (χ4v) is 3.16. The number of hydrogen-bond acceptors (Lipinski definition) is 3. The van der Waals surface area contributed by atoms with Crippen LogP contribution in [0.25, 0.3) is 0 Å². The molecule has 0 fully saturated rings. The van der Waals surface area contributed by atoms with Crippen molar-refractivity contribution in [3.63, 3.8) is 0 Å². The molecule has 0 aliphatic carbocycles. The molecular weight excluding hydrogens is 476 g/mol. The molecule has 0 unspecified atom stereocenters. The minimum atomic E-state index is -0.928. The number of anilines is 1. The molecule has 3 aromatic rings. The summed E-state index contributed by atoms with van der Waals surface area (Å²) in [5, 5.41) is 12.6. The number of aromatic nitrogens is 4. The molecule has 0 atom stereocenters. The van der Waals surface area contributed by atoms with E-state index in [1.165, 1.54) is 0 Å². The maximum absolute atomic E-state index is 12.7. The number of carbonyl (C=O) groups excluding carboxylic acids is 1. The summed E-state index contributed by atoms with van der Waals surface area (Å²) in [4.78, 5) is 12.7. The summed E-state index contributed by atoms with van der Waals surface area (Å²) in [5.41, 5.74) is -0.0220. The van der Waals surface area contributed by atoms with Crippen LogP contribution in [0.2, 0.25) is 15.1 Å². The minimum Gasteiger partial charge on any atom is -0.306 e. The van der Waals surface area contributed by atoms with Gasteiger partial charge in [0.25, 0.3) is 5.91 Å². The van der Waals surface area contributed by atoms with E-state index in [0.29, 0.717) is 21.6 Å². The molecule has 1 aromatic carbocycles. The van der Waals surface area contributed by atoms with Crippen molar-refractivity contribution < 1.29 is 4.79 Å². The topological polar surface area (TPSA) is 64.7 Å². The van der Waals surface area contributed by atoms with Crippen molar-refractivity contribution in [2.75, 3.05) is 5.32 Å². The second kappa shape index (κ2) is 7.83. The van der Waals surface area contributed by atoms with Crippen LogP contribution < -0.4 is 5.32 Å². The van der Waals surface area contributed by atoms with Gasteiger partial charge in [0.15, 0.2) is 5.82 Å². The molecule has 0 bridgehead atoms. The van der Waals surface area contributed by atoms with Gasteiger partial charge in [-0.15, -0.1) is 0 Å². The highest BCUT2D eigenvalue weighted by molar-refractivity contribution is 9.10. The fraction of sp³-hybridized carbons (Fsp3) is 0.235. The van der Waals surface area contributed by atoms with E-state index in [-0.39, 0.29) is 11.7 Å². The smallest absolute Gasteiger partial charge is 0.253 e. The van der Waals surface area contributed by atoms with Crippen LogP contribution in [0.4, 0.5) is 5.82 Å². The van der Waals surface area contributed by atoms with Gasteiger partial charge in [-0.1, -0.05) is 40.9 Å². The average molecular weight is 492 g/mol. The summed E-state index contributed by atoms with van der Waals surface area (Å²) in [6.45, 7) is 3.94. The quantitative estimate of drug-likeness (QED) is 0.532. The van der Waals surface area contributed by atoms with Crippen molar-refractivity contribution in [2.24, 2.45) is 0 Å². The van der Waals surface area contributed by atoms with E-state index in [1.54, 1.807) is 53.9 Å². The lowest BCUT2D eigenvalue weighted by Gasteiger charge is -2.23. The van der Waals surface area contributed by atoms with Gasteiger partial charge in [-0.2, -0.15) is 10.2 Å². The second-order valence-electron chi connectivity index (χ2n) is 6.39. The Morgan fingerprint density at radius 3 is 2.56 bits per heavy atom. The Kier molecular flexibility index (Phi) is 5.86. The van der Waals surface area contributed by atoms with Crippen LogP contribution in [0.1, 0.15) is 19.4 Å². The van der Waals surface area contributed by atoms with Gasteiger partial charge in [0.1, 0.15) is 10.6 Å². The normalized spacial score (nSPS) is 11.6. The van der Waals surface area contributed by atoms with Gasteiger partial charge >= 0.3 is 0 Å². The van der Waals surface area contributed by atoms with Crippen molar-refractivity contribution in [1.82, 2.24) is 19.6 Å². The van der Waals surface area contributed by atoms with E-state index in [1.807, 2.05) is 6.07 Å². The highest BCUT2D eigenvalue weighted by atomic mass is 79.9. The number of nitrogens with one attached hydrogen (secondary N) is 1. The van der Waals surface area contributed by atoms with E-state index in [9.17, 15) is 4.79 Å². The summed E-state index contributed by atoms with van der Waals surface area (Å²) >= 11 is 21.5. The predicted octanol–water partition coefficient (Wildman–Crippen LogP) is 5.22. The molecule has 0 aliphatic heterocycles. The first-order chi connectivity index (χ1) is 12.7. The highest BCUT2D eigenvalue weighted by Gasteiger charge is 2.31. The van der Waals surface area contributed by atoms with Gasteiger partial charge in [0, 0.05) is 12.4 Å². The van der Waals surface area contributed by atoms with Crippen molar-refractivity contribution >= 4 is 62.5 Å². The zero-order valence-corrected chi connectivity index (χ0v) is 18.2. The molecule has 2 heterocycles. The number of rotatable bonds is 5. The first-order valence-corrected chi connectivity index (χ1v) is 9.78. The zero-order chi connectivity index (χ0) is 19.8. The second-order valence-corrected chi connectivity index (χ2v) is 8.53. The Morgan fingerprint density at radius 1 is 1.19 bits per heavy atom. The number of halogens is 4. The van der Waals surface area contributed by atoms with E-state index in [0.717, 1.165) is 10.0 Å². The molecule has 0 spiro atoms. The molecule has 0 radical (unpaired) electrons. The lowest BCUT2D eigenvalue weighted by molar-refractivity contribution is -0.123. The third-order valence-corrected chi connectivity index (χ3v) is 5.38. The zero-order valence-electron chi connectivity index (χ0n) is 14.4. The highest BCUT2D eigenvalue weighted by Crippen LogP contribution is 2.26. The minimum absolute atomic E-state index is 0.279. The van der Waals surface area contributed by atoms with Crippen LogP contribution in [-0.2, 0) is 16.9 Å². The summed E-state index contributed by atoms with van der Waals surface area (Å²) in [6, 6.07) is 5.33. The van der Waals surface area contributed by atoms with E-state index < -0.39 is 5.54 Å². The van der Waals surface area contributed by atoms with Gasteiger partial charge in [-0.3, -0.25) is 14.2 Å². The Morgan fingerprint density at radius 2 is 1.93 bits per heavy atom. The third-order valence-electron chi connectivity index (χ3n) is 3.96. The van der Waals surface area contributed by atoms with Crippen molar-refractivity contribution in [1.29, 1.82) is 0 Å². The Labute approximate surface area is 179 Å². The Hall–Kier alpha value is -1.54. The summed E-state index contributed by atoms with van der Waals surface area (Å²) < 4.78 is 3.97. The maximum Gasteiger partial charge on any atom is 0.253 e. The largest absolute Gasteiger partial charge is 0.306 e. The molecule has 10 heteroatoms. The average Bonchev–Trinajstić information content (AvgIpc) is 3.17. The summed E-state index contributed by atoms with van der Waals surface area (Å²) in [7, 11) is 0. The van der Waals surface area contributed by atoms with Gasteiger partial charge in [0.05, 0.1) is 27.3 Å². The summed E-state index contributed by atoms with van der Waals surface area (Å²) in [5.74, 6) is -0.0131. The standard InChI is InChI=1S/C17H15BrCl3N5O/c1-17(2,26-8-11(18)6-22-26)16(27)23-15-14(21)9-25(24-15)7-10-3-4-12(19)13(20)5-10/h3-6,8-9H,7H2,1-2H3,(H,23,24,27). The van der Waals surface area contributed by atoms with Gasteiger partial charge < -0.3 is 5.32 Å². The molecule has 1 N–H and O–H groups in total. The number of hydrogen-bond donors (Lipinski definition) is 1. The van der Waals surface area contributed by atoms with Crippen molar-refractivity contribution in [2.45, 2.75) is 25.9 Å². The van der Waals surface area contributed by atoms with E-state index in [4.69, 9.17) is 34.8 Å². The first kappa shape index (κ1) is 20.2. The number of amides is 1. The van der Waals surface area contributed by atoms with Gasteiger partial charge in [-0.05, 0) is 47.5 Å². The lowest BCUT2D eigenvalue weighted by atomic mass is 10.1. The maximum atomic E-state index is 12.7. The van der Waals surface area contributed by atoms with Crippen molar-refractivity contribution in [3.05, 3.63) is 61.9 Å². The molecular formula is C17H15BrCl3N5O. The van der Waals surface area contributed by atoms with E-state index >= 15 is 0 Å². The number of carbonyl (C=O) groups is 1. The molecule has 3 rings (SSSR count). The molecule has 2 aromatic heterocycles. The molecule has 0 saturated carbocycles. The van der Waals surface area contributed by atoms with Gasteiger partial charge in [0.2, 0.25) is 0 Å². The molecule has 0 aliphatic rings. The van der Waals surface area contributed by atoms with Crippen LogP contribution >= 0.6 is 50.7 Å². The fourth-order valence-electron chi connectivity index (χ4n) is 2.36. The molecule has 6 nitrogen and oxygen atoms in total.